The third-order valence-corrected chi connectivity index (χ3v) is 4.73. The topological polar surface area (TPSA) is 176 Å². The lowest BCUT2D eigenvalue weighted by molar-refractivity contribution is -0.385. The van der Waals surface area contributed by atoms with Gasteiger partial charge in [0.25, 0.3) is 11.6 Å². The van der Waals surface area contributed by atoms with Crippen LogP contribution in [-0.2, 0) is 22.0 Å². The van der Waals surface area contributed by atoms with Crippen LogP contribution in [0.25, 0.3) is 0 Å². The maximum Gasteiger partial charge on any atom is 0.416 e. The number of carboxylic acids is 1. The number of nitrogens with zero attached hydrogens (tertiary/aromatic N) is 1. The molecule has 178 valence electrons. The van der Waals surface area contributed by atoms with Crippen LogP contribution in [-0.4, -0.2) is 38.0 Å². The minimum atomic E-state index is -4.74. The van der Waals surface area contributed by atoms with E-state index >= 15 is 0 Å². The van der Waals surface area contributed by atoms with Gasteiger partial charge in [-0.25, -0.2) is 0 Å². The minimum absolute atomic E-state index is 0.346. The third kappa shape index (κ3) is 7.15. The lowest BCUT2D eigenvalue weighted by Crippen LogP contribution is -2.26. The number of ether oxygens (including phenoxy) is 1. The van der Waals surface area contributed by atoms with Gasteiger partial charge in [0.15, 0.2) is 0 Å². The Morgan fingerprint density at radius 3 is 2.33 bits per heavy atom. The zero-order chi connectivity index (χ0) is 25.1. The fraction of sp³-hybridized carbons (Fsp3) is 0.176. The van der Waals surface area contributed by atoms with Crippen molar-refractivity contribution in [2.24, 2.45) is 0 Å². The number of aliphatic carboxylic acids is 1. The highest BCUT2D eigenvalue weighted by molar-refractivity contribution is 7.51. The quantitative estimate of drug-likeness (QED) is 0.234. The molecule has 33 heavy (non-hydrogen) atoms. The van der Waals surface area contributed by atoms with Crippen molar-refractivity contribution in [1.82, 2.24) is 5.32 Å². The monoisotopic (exact) mass is 512 g/mol. The molecular weight excluding hydrogens is 500 g/mol. The largest absolute Gasteiger partial charge is 0.481 e. The van der Waals surface area contributed by atoms with Crippen LogP contribution in [0.3, 0.4) is 0 Å². The summed E-state index contributed by atoms with van der Waals surface area (Å²) < 4.78 is 54.7. The summed E-state index contributed by atoms with van der Waals surface area (Å²) in [5.74, 6) is -3.61. The van der Waals surface area contributed by atoms with Gasteiger partial charge < -0.3 is 24.9 Å². The van der Waals surface area contributed by atoms with Gasteiger partial charge in [-0.1, -0.05) is 11.6 Å². The van der Waals surface area contributed by atoms with Crippen molar-refractivity contribution in [1.29, 1.82) is 0 Å². The first-order valence-electron chi connectivity index (χ1n) is 8.49. The van der Waals surface area contributed by atoms with E-state index in [0.717, 1.165) is 18.2 Å². The number of hydrogen-bond donors (Lipinski definition) is 4. The van der Waals surface area contributed by atoms with Gasteiger partial charge in [-0.05, 0) is 24.3 Å². The molecule has 0 aromatic heterocycles. The van der Waals surface area contributed by atoms with E-state index in [1.807, 2.05) is 0 Å². The highest BCUT2D eigenvalue weighted by Crippen LogP contribution is 2.38. The average molecular weight is 513 g/mol. The number of hydrogen-bond acceptors (Lipinski definition) is 6. The van der Waals surface area contributed by atoms with Gasteiger partial charge in [-0.3, -0.25) is 24.3 Å². The van der Waals surface area contributed by atoms with E-state index in [-0.39, 0.29) is 5.75 Å². The van der Waals surface area contributed by atoms with E-state index in [9.17, 15) is 37.4 Å². The zero-order valence-electron chi connectivity index (χ0n) is 16.0. The van der Waals surface area contributed by atoms with Crippen molar-refractivity contribution >= 4 is 36.8 Å². The molecule has 11 nitrogen and oxygen atoms in total. The molecule has 0 saturated heterocycles. The first-order valence-corrected chi connectivity index (χ1v) is 10.7. The lowest BCUT2D eigenvalue weighted by Gasteiger charge is -2.14. The van der Waals surface area contributed by atoms with Gasteiger partial charge in [-0.2, -0.15) is 13.2 Å². The smallest absolute Gasteiger partial charge is 0.416 e. The maximum atomic E-state index is 12.8. The summed E-state index contributed by atoms with van der Waals surface area (Å²) in [6.07, 6.45) is -6.83. The van der Waals surface area contributed by atoms with Crippen LogP contribution in [0.1, 0.15) is 21.5 Å². The van der Waals surface area contributed by atoms with E-state index in [2.05, 4.69) is 0 Å². The van der Waals surface area contributed by atoms with Crippen molar-refractivity contribution in [2.75, 3.05) is 6.29 Å². The summed E-state index contributed by atoms with van der Waals surface area (Å²) in [6, 6.07) is 3.66. The van der Waals surface area contributed by atoms with Gasteiger partial charge in [-0.15, -0.1) is 0 Å². The standard InChI is InChI=1S/C17H13ClF3N2O9P/c18-12-5-9(17(19,20)21)1-2-13(12)32-10-3-8(4-14(24)25)15(23(27)28)11(6-10)16(26)22-7-33(29,30)31/h1-3,5-6H,4,7H2,(H,22,26)(H,24,25)(H2,29,30,31). The van der Waals surface area contributed by atoms with Crippen molar-refractivity contribution in [3.63, 3.8) is 0 Å². The summed E-state index contributed by atoms with van der Waals surface area (Å²) in [6.45, 7) is 0. The van der Waals surface area contributed by atoms with Crippen molar-refractivity contribution in [3.8, 4) is 11.5 Å². The normalized spacial score (nSPS) is 11.7. The van der Waals surface area contributed by atoms with E-state index < -0.39 is 76.4 Å². The summed E-state index contributed by atoms with van der Waals surface area (Å²) in [5.41, 5.74) is -3.38. The van der Waals surface area contributed by atoms with Crippen LogP contribution in [0.2, 0.25) is 5.02 Å². The summed E-state index contributed by atoms with van der Waals surface area (Å²) in [4.78, 5) is 51.7. The highest BCUT2D eigenvalue weighted by atomic mass is 35.5. The fourth-order valence-electron chi connectivity index (χ4n) is 2.57. The maximum absolute atomic E-state index is 12.8. The number of carbonyl (C=O) groups is 2. The van der Waals surface area contributed by atoms with Crippen LogP contribution in [0.15, 0.2) is 30.3 Å². The summed E-state index contributed by atoms with van der Waals surface area (Å²) in [7, 11) is -4.74. The number of carbonyl (C=O) groups excluding carboxylic acids is 1. The zero-order valence-corrected chi connectivity index (χ0v) is 17.6. The van der Waals surface area contributed by atoms with Crippen molar-refractivity contribution in [3.05, 3.63) is 62.2 Å². The van der Waals surface area contributed by atoms with Gasteiger partial charge in [0.05, 0.1) is 21.9 Å². The number of amides is 1. The molecule has 0 saturated carbocycles. The number of benzene rings is 2. The molecule has 2 aromatic rings. The van der Waals surface area contributed by atoms with E-state index in [0.29, 0.717) is 12.1 Å². The van der Waals surface area contributed by atoms with E-state index in [1.165, 1.54) is 0 Å². The Kier molecular flexibility index (Phi) is 7.70. The van der Waals surface area contributed by atoms with Crippen LogP contribution in [0, 0.1) is 10.1 Å². The van der Waals surface area contributed by atoms with Gasteiger partial charge in [0.1, 0.15) is 23.3 Å². The first kappa shape index (κ1) is 26.1. The highest BCUT2D eigenvalue weighted by Gasteiger charge is 2.32. The van der Waals surface area contributed by atoms with Crippen LogP contribution in [0.5, 0.6) is 11.5 Å². The molecule has 0 heterocycles. The lowest BCUT2D eigenvalue weighted by atomic mass is 10.0. The Labute approximate surface area is 187 Å². The van der Waals surface area contributed by atoms with E-state index in [1.54, 1.807) is 5.32 Å². The molecule has 2 aromatic carbocycles. The van der Waals surface area contributed by atoms with Crippen molar-refractivity contribution < 1.29 is 51.9 Å². The molecule has 0 bridgehead atoms. The SMILES string of the molecule is O=C(O)Cc1cc(Oc2ccc(C(F)(F)F)cc2Cl)cc(C(=O)NCP(=O)(O)O)c1[N+](=O)[O-]. The van der Waals surface area contributed by atoms with E-state index in [4.69, 9.17) is 31.2 Å². The first-order chi connectivity index (χ1) is 15.1. The number of halogens is 4. The molecule has 0 aliphatic rings. The van der Waals surface area contributed by atoms with Gasteiger partial charge in [0, 0.05) is 11.6 Å². The predicted octanol–water partition coefficient (Wildman–Crippen LogP) is 3.55. The molecular formula is C17H13ClF3N2O9P. The molecule has 0 atom stereocenters. The molecule has 4 N–H and O–H groups in total. The molecule has 0 unspecified atom stereocenters. The van der Waals surface area contributed by atoms with Gasteiger partial charge >= 0.3 is 19.7 Å². The Morgan fingerprint density at radius 2 is 1.85 bits per heavy atom. The predicted molar refractivity (Wildman–Crippen MR) is 105 cm³/mol. The molecule has 0 fully saturated rings. The van der Waals surface area contributed by atoms with Crippen molar-refractivity contribution in [2.45, 2.75) is 12.6 Å². The summed E-state index contributed by atoms with van der Waals surface area (Å²) >= 11 is 5.80. The molecule has 0 radical (unpaired) electrons. The second-order valence-electron chi connectivity index (χ2n) is 6.38. The number of carboxylic acid groups (broad SMARTS) is 1. The second-order valence-corrected chi connectivity index (χ2v) is 8.43. The summed E-state index contributed by atoms with van der Waals surface area (Å²) in [5, 5.41) is 21.8. The van der Waals surface area contributed by atoms with Crippen LogP contribution in [0.4, 0.5) is 18.9 Å². The molecule has 0 spiro atoms. The second kappa shape index (κ2) is 9.75. The Balaban J connectivity index is 2.57. The average Bonchev–Trinajstić information content (AvgIpc) is 2.65. The molecule has 2 rings (SSSR count). The van der Waals surface area contributed by atoms with Crippen LogP contribution < -0.4 is 10.1 Å². The fourth-order valence-corrected chi connectivity index (χ4v) is 3.14. The molecule has 16 heteroatoms. The Bertz CT molecular complexity index is 1170. The van der Waals surface area contributed by atoms with Crippen LogP contribution >= 0.6 is 19.2 Å². The molecule has 0 aliphatic heterocycles. The Morgan fingerprint density at radius 1 is 1.21 bits per heavy atom. The minimum Gasteiger partial charge on any atom is -0.481 e. The molecule has 1 amide bonds. The Hall–Kier alpha value is -3.19. The van der Waals surface area contributed by atoms with Gasteiger partial charge in [0.2, 0.25) is 0 Å². The number of nitro benzene ring substituents is 1. The number of nitro groups is 1. The number of alkyl halides is 3. The number of nitrogens with one attached hydrogen (secondary N) is 1. The third-order valence-electron chi connectivity index (χ3n) is 3.86. The molecule has 0 aliphatic carbocycles. The number of rotatable bonds is 8.